The summed E-state index contributed by atoms with van der Waals surface area (Å²) in [5.41, 5.74) is 1.07. The molecule has 0 bridgehead atoms. The van der Waals surface area contributed by atoms with Crippen molar-refractivity contribution in [2.45, 2.75) is 12.8 Å². The molecule has 0 aromatic carbocycles. The molecule has 0 saturated heterocycles. The normalized spacial score (nSPS) is 10.2. The van der Waals surface area contributed by atoms with E-state index in [0.29, 0.717) is 0 Å². The lowest BCUT2D eigenvalue weighted by Gasteiger charge is -1.96. The van der Waals surface area contributed by atoms with Gasteiger partial charge in [0.1, 0.15) is 0 Å². The lowest BCUT2D eigenvalue weighted by molar-refractivity contribution is 0.911. The summed E-state index contributed by atoms with van der Waals surface area (Å²) in [4.78, 5) is 9.65. The molecule has 3 heteroatoms. The smallest absolute Gasteiger partial charge is 0.0590 e. The molecule has 13 heavy (non-hydrogen) atoms. The highest BCUT2D eigenvalue weighted by molar-refractivity contribution is 7.09. The van der Waals surface area contributed by atoms with E-state index in [1.165, 1.54) is 4.88 Å². The van der Waals surface area contributed by atoms with Gasteiger partial charge in [-0.1, -0.05) is 6.07 Å². The van der Waals surface area contributed by atoms with E-state index >= 15 is 0 Å². The van der Waals surface area contributed by atoms with Crippen molar-refractivity contribution in [3.8, 4) is 0 Å². The van der Waals surface area contributed by atoms with Gasteiger partial charge in [0.05, 0.1) is 5.69 Å². The van der Waals surface area contributed by atoms with Crippen LogP contribution < -0.4 is 0 Å². The zero-order chi connectivity index (χ0) is 8.93. The topological polar surface area (TPSA) is 25.8 Å². The first-order valence-corrected chi connectivity index (χ1v) is 5.10. The van der Waals surface area contributed by atoms with Crippen LogP contribution in [-0.2, 0) is 12.8 Å². The molecule has 66 valence electrons. The van der Waals surface area contributed by atoms with Crippen LogP contribution in [-0.4, -0.2) is 9.97 Å². The summed E-state index contributed by atoms with van der Waals surface area (Å²) in [6.07, 6.45) is 7.32. The molecule has 0 unspecified atom stereocenters. The third-order valence-corrected chi connectivity index (χ3v) is 2.76. The van der Waals surface area contributed by atoms with Gasteiger partial charge in [-0.3, -0.25) is 9.97 Å². The highest BCUT2D eigenvalue weighted by Gasteiger charge is 1.96. The van der Waals surface area contributed by atoms with Crippen molar-refractivity contribution >= 4 is 11.3 Å². The fraction of sp³-hybridized carbons (Fsp3) is 0.200. The lowest BCUT2D eigenvalue weighted by Crippen LogP contribution is -1.92. The van der Waals surface area contributed by atoms with Crippen molar-refractivity contribution in [2.24, 2.45) is 0 Å². The minimum atomic E-state index is 0.981. The average Bonchev–Trinajstić information content (AvgIpc) is 2.69. The molecule has 0 spiro atoms. The van der Waals surface area contributed by atoms with E-state index in [4.69, 9.17) is 0 Å². The molecule has 0 aliphatic heterocycles. The number of aromatic nitrogens is 2. The van der Waals surface area contributed by atoms with Crippen molar-refractivity contribution in [1.29, 1.82) is 0 Å². The van der Waals surface area contributed by atoms with Crippen molar-refractivity contribution < 1.29 is 0 Å². The van der Waals surface area contributed by atoms with E-state index < -0.39 is 0 Å². The van der Waals surface area contributed by atoms with Gasteiger partial charge in [-0.15, -0.1) is 11.3 Å². The summed E-state index contributed by atoms with van der Waals surface area (Å²) < 4.78 is 0. The van der Waals surface area contributed by atoms with Crippen LogP contribution in [0.1, 0.15) is 10.6 Å². The quantitative estimate of drug-likeness (QED) is 0.742. The molecule has 0 N–H and O–H groups in total. The van der Waals surface area contributed by atoms with Gasteiger partial charge < -0.3 is 0 Å². The fourth-order valence-electron chi connectivity index (χ4n) is 1.17. The van der Waals surface area contributed by atoms with Crippen LogP contribution in [0.25, 0.3) is 0 Å². The summed E-state index contributed by atoms with van der Waals surface area (Å²) >= 11 is 1.79. The van der Waals surface area contributed by atoms with Crippen molar-refractivity contribution in [3.63, 3.8) is 0 Å². The Bertz CT molecular complexity index is 342. The molecular formula is C10H10N2S. The van der Waals surface area contributed by atoms with Crippen LogP contribution in [0.3, 0.4) is 0 Å². The van der Waals surface area contributed by atoms with Gasteiger partial charge in [0.2, 0.25) is 0 Å². The van der Waals surface area contributed by atoms with Crippen molar-refractivity contribution in [3.05, 3.63) is 46.7 Å². The summed E-state index contributed by atoms with van der Waals surface area (Å²) in [6.45, 7) is 0. The molecule has 2 aromatic heterocycles. The second-order valence-electron chi connectivity index (χ2n) is 2.78. The summed E-state index contributed by atoms with van der Waals surface area (Å²) in [7, 11) is 0. The first kappa shape index (κ1) is 8.38. The average molecular weight is 190 g/mol. The second-order valence-corrected chi connectivity index (χ2v) is 3.81. The number of rotatable bonds is 3. The van der Waals surface area contributed by atoms with E-state index in [0.717, 1.165) is 18.5 Å². The highest BCUT2D eigenvalue weighted by Crippen LogP contribution is 2.10. The van der Waals surface area contributed by atoms with Gasteiger partial charge in [0, 0.05) is 23.5 Å². The van der Waals surface area contributed by atoms with Crippen LogP contribution >= 0.6 is 11.3 Å². The zero-order valence-electron chi connectivity index (χ0n) is 7.18. The van der Waals surface area contributed by atoms with Crippen LogP contribution in [0.15, 0.2) is 36.1 Å². The molecule has 0 saturated carbocycles. The maximum atomic E-state index is 4.22. The van der Waals surface area contributed by atoms with E-state index in [-0.39, 0.29) is 0 Å². The van der Waals surface area contributed by atoms with E-state index in [1.54, 1.807) is 23.7 Å². The van der Waals surface area contributed by atoms with Crippen LogP contribution in [0.5, 0.6) is 0 Å². The van der Waals surface area contributed by atoms with Gasteiger partial charge in [-0.05, 0) is 24.3 Å². The Morgan fingerprint density at radius 2 is 2.23 bits per heavy atom. The third-order valence-electron chi connectivity index (χ3n) is 1.82. The SMILES string of the molecule is c1csc(CCc2cnccn2)c1. The number of nitrogens with zero attached hydrogens (tertiary/aromatic N) is 2. The first-order valence-electron chi connectivity index (χ1n) is 4.22. The lowest BCUT2D eigenvalue weighted by atomic mass is 10.2. The van der Waals surface area contributed by atoms with Crippen molar-refractivity contribution in [1.82, 2.24) is 9.97 Å². The molecule has 0 aliphatic carbocycles. The van der Waals surface area contributed by atoms with Crippen molar-refractivity contribution in [2.75, 3.05) is 0 Å². The van der Waals surface area contributed by atoms with Crippen LogP contribution in [0.2, 0.25) is 0 Å². The number of thiophene rings is 1. The zero-order valence-corrected chi connectivity index (χ0v) is 8.00. The van der Waals surface area contributed by atoms with E-state index in [9.17, 15) is 0 Å². The maximum Gasteiger partial charge on any atom is 0.0590 e. The van der Waals surface area contributed by atoms with Gasteiger partial charge in [0.25, 0.3) is 0 Å². The molecule has 0 amide bonds. The summed E-state index contributed by atoms with van der Waals surface area (Å²) in [6, 6.07) is 4.23. The highest BCUT2D eigenvalue weighted by atomic mass is 32.1. The molecule has 0 radical (unpaired) electrons. The second kappa shape index (κ2) is 4.14. The third kappa shape index (κ3) is 2.36. The molecule has 0 fully saturated rings. The molecule has 0 atom stereocenters. The standard InChI is InChI=1S/C10H10N2S/c1-2-10(13-7-1)4-3-9-8-11-5-6-12-9/h1-2,5-8H,3-4H2. The minimum Gasteiger partial charge on any atom is -0.261 e. The van der Waals surface area contributed by atoms with Gasteiger partial charge in [-0.2, -0.15) is 0 Å². The molecule has 2 nitrogen and oxygen atoms in total. The Morgan fingerprint density at radius 1 is 1.23 bits per heavy atom. The fourth-order valence-corrected chi connectivity index (χ4v) is 1.87. The minimum absolute atomic E-state index is 0.981. The van der Waals surface area contributed by atoms with E-state index in [2.05, 4.69) is 27.5 Å². The Morgan fingerprint density at radius 3 is 2.92 bits per heavy atom. The Hall–Kier alpha value is -1.22. The largest absolute Gasteiger partial charge is 0.261 e. The Kier molecular flexibility index (Phi) is 2.67. The molecular weight excluding hydrogens is 180 g/mol. The van der Waals surface area contributed by atoms with E-state index in [1.807, 2.05) is 6.20 Å². The Labute approximate surface area is 81.3 Å². The summed E-state index contributed by atoms with van der Waals surface area (Å²) in [5, 5.41) is 2.10. The van der Waals surface area contributed by atoms with Crippen LogP contribution in [0.4, 0.5) is 0 Å². The van der Waals surface area contributed by atoms with Gasteiger partial charge >= 0.3 is 0 Å². The predicted molar refractivity (Wildman–Crippen MR) is 53.8 cm³/mol. The number of hydrogen-bond donors (Lipinski definition) is 0. The predicted octanol–water partition coefficient (Wildman–Crippen LogP) is 2.32. The first-order chi connectivity index (χ1) is 6.45. The van der Waals surface area contributed by atoms with Gasteiger partial charge in [0.15, 0.2) is 0 Å². The monoisotopic (exact) mass is 190 g/mol. The molecule has 0 aliphatic rings. The molecule has 2 heterocycles. The maximum absolute atomic E-state index is 4.22. The summed E-state index contributed by atoms with van der Waals surface area (Å²) in [5.74, 6) is 0. The number of aryl methyl sites for hydroxylation is 2. The van der Waals surface area contributed by atoms with Gasteiger partial charge in [-0.25, -0.2) is 0 Å². The Balaban J connectivity index is 1.94. The molecule has 2 rings (SSSR count). The molecule has 2 aromatic rings. The number of hydrogen-bond acceptors (Lipinski definition) is 3. The van der Waals surface area contributed by atoms with Crippen LogP contribution in [0, 0.1) is 0 Å².